The summed E-state index contributed by atoms with van der Waals surface area (Å²) in [6, 6.07) is 0. The molecule has 1 nitrogen and oxygen atoms in total. The maximum Gasteiger partial charge on any atom is 0.142 e. The SMILES string of the molecule is C=C(O)SCC. The number of hydrogen-bond donors (Lipinski definition) is 1. The Morgan fingerprint density at radius 1 is 2.00 bits per heavy atom. The van der Waals surface area contributed by atoms with E-state index in [0.717, 1.165) is 5.75 Å². The van der Waals surface area contributed by atoms with Gasteiger partial charge in [-0.15, -0.1) is 0 Å². The van der Waals surface area contributed by atoms with Gasteiger partial charge in [0.15, 0.2) is 0 Å². The van der Waals surface area contributed by atoms with Gasteiger partial charge >= 0.3 is 0 Å². The fourth-order valence-corrected chi connectivity index (χ4v) is 0.500. The molecule has 0 radical (unpaired) electrons. The van der Waals surface area contributed by atoms with Crippen molar-refractivity contribution in [3.8, 4) is 0 Å². The Bertz CT molecular complexity index is 51.5. The van der Waals surface area contributed by atoms with Gasteiger partial charge in [-0.25, -0.2) is 0 Å². The second kappa shape index (κ2) is 3.09. The highest BCUT2D eigenvalue weighted by molar-refractivity contribution is 8.02. The van der Waals surface area contributed by atoms with Gasteiger partial charge in [0.25, 0.3) is 0 Å². The van der Waals surface area contributed by atoms with E-state index >= 15 is 0 Å². The zero-order valence-corrected chi connectivity index (χ0v) is 4.59. The maximum absolute atomic E-state index is 8.32. The average Bonchev–Trinajstić information content (AvgIpc) is 1.35. The van der Waals surface area contributed by atoms with Crippen molar-refractivity contribution < 1.29 is 5.11 Å². The molecule has 0 bridgehead atoms. The summed E-state index contributed by atoms with van der Waals surface area (Å²) in [7, 11) is 0. The molecule has 0 amide bonds. The van der Waals surface area contributed by atoms with Crippen LogP contribution in [0.2, 0.25) is 0 Å². The third-order valence-electron chi connectivity index (χ3n) is 0.311. The summed E-state index contributed by atoms with van der Waals surface area (Å²) >= 11 is 1.35. The highest BCUT2D eigenvalue weighted by Gasteiger charge is 1.79. The second-order valence-corrected chi connectivity index (χ2v) is 2.16. The number of aliphatic hydroxyl groups excluding tert-OH is 1. The van der Waals surface area contributed by atoms with E-state index in [9.17, 15) is 0 Å². The Labute approximate surface area is 42.1 Å². The van der Waals surface area contributed by atoms with E-state index in [4.69, 9.17) is 5.11 Å². The summed E-state index contributed by atoms with van der Waals surface area (Å²) in [6.07, 6.45) is 0. The van der Waals surface area contributed by atoms with Gasteiger partial charge in [0.1, 0.15) is 5.09 Å². The third kappa shape index (κ3) is 3.89. The van der Waals surface area contributed by atoms with Gasteiger partial charge in [0.2, 0.25) is 0 Å². The van der Waals surface area contributed by atoms with Crippen molar-refractivity contribution in [2.75, 3.05) is 5.75 Å². The van der Waals surface area contributed by atoms with Crippen LogP contribution in [0.25, 0.3) is 0 Å². The van der Waals surface area contributed by atoms with E-state index in [0.29, 0.717) is 0 Å². The zero-order chi connectivity index (χ0) is 4.99. The summed E-state index contributed by atoms with van der Waals surface area (Å²) in [5.74, 6) is 0.898. The van der Waals surface area contributed by atoms with Gasteiger partial charge in [-0.1, -0.05) is 18.7 Å². The van der Waals surface area contributed by atoms with Crippen molar-refractivity contribution in [1.82, 2.24) is 0 Å². The van der Waals surface area contributed by atoms with Crippen LogP contribution < -0.4 is 0 Å². The first-order chi connectivity index (χ1) is 2.77. The van der Waals surface area contributed by atoms with Crippen molar-refractivity contribution in [3.05, 3.63) is 11.7 Å². The fraction of sp³-hybridized carbons (Fsp3) is 0.500. The van der Waals surface area contributed by atoms with Gasteiger partial charge in [0.05, 0.1) is 0 Å². The Balaban J connectivity index is 2.83. The molecule has 36 valence electrons. The van der Waals surface area contributed by atoms with Crippen LogP contribution in [0.3, 0.4) is 0 Å². The molecule has 0 spiro atoms. The standard InChI is InChI=1S/C4H8OS/c1-3-6-4(2)5/h5H,2-3H2,1H3. The summed E-state index contributed by atoms with van der Waals surface area (Å²) in [4.78, 5) is 0. The Hall–Kier alpha value is -0.110. The summed E-state index contributed by atoms with van der Waals surface area (Å²) in [5.41, 5.74) is 0. The quantitative estimate of drug-likeness (QED) is 0.539. The summed E-state index contributed by atoms with van der Waals surface area (Å²) < 4.78 is 0. The Kier molecular flexibility index (Phi) is 3.04. The van der Waals surface area contributed by atoms with E-state index in [1.807, 2.05) is 6.92 Å². The van der Waals surface area contributed by atoms with Crippen LogP contribution in [0, 0.1) is 0 Å². The minimum Gasteiger partial charge on any atom is -0.503 e. The van der Waals surface area contributed by atoms with E-state index in [-0.39, 0.29) is 5.09 Å². The van der Waals surface area contributed by atoms with Crippen LogP contribution in [-0.4, -0.2) is 10.9 Å². The molecule has 1 N–H and O–H groups in total. The molecule has 0 aliphatic rings. The molecule has 0 atom stereocenters. The van der Waals surface area contributed by atoms with Crippen molar-refractivity contribution in [3.63, 3.8) is 0 Å². The minimum absolute atomic E-state index is 0.206. The molecule has 0 aliphatic heterocycles. The zero-order valence-electron chi connectivity index (χ0n) is 3.77. The van der Waals surface area contributed by atoms with Crippen molar-refractivity contribution >= 4 is 11.8 Å². The molecule has 2 heteroatoms. The lowest BCUT2D eigenvalue weighted by atomic mass is 11.0. The maximum atomic E-state index is 8.32. The van der Waals surface area contributed by atoms with Crippen LogP contribution in [0.5, 0.6) is 0 Å². The lowest BCUT2D eigenvalue weighted by molar-refractivity contribution is 0.459. The fourth-order valence-electron chi connectivity index (χ4n) is 0.167. The van der Waals surface area contributed by atoms with Crippen LogP contribution in [-0.2, 0) is 0 Å². The molecule has 0 aromatic carbocycles. The third-order valence-corrected chi connectivity index (χ3v) is 0.933. The molecule has 6 heavy (non-hydrogen) atoms. The predicted octanol–water partition coefficient (Wildman–Crippen LogP) is 1.77. The highest BCUT2D eigenvalue weighted by atomic mass is 32.2. The van der Waals surface area contributed by atoms with E-state index in [2.05, 4.69) is 6.58 Å². The molecular formula is C4H8OS. The first kappa shape index (κ1) is 5.89. The minimum atomic E-state index is 0.206. The summed E-state index contributed by atoms with van der Waals surface area (Å²) in [6.45, 7) is 5.23. The number of rotatable bonds is 2. The highest BCUT2D eigenvalue weighted by Crippen LogP contribution is 2.06. The molecule has 0 fully saturated rings. The molecule has 0 heterocycles. The number of hydrogen-bond acceptors (Lipinski definition) is 2. The summed E-state index contributed by atoms with van der Waals surface area (Å²) in [5, 5.41) is 8.53. The molecule has 0 saturated heterocycles. The lowest BCUT2D eigenvalue weighted by Crippen LogP contribution is -1.67. The smallest absolute Gasteiger partial charge is 0.142 e. The molecular weight excluding hydrogens is 96.1 g/mol. The van der Waals surface area contributed by atoms with Gasteiger partial charge < -0.3 is 5.11 Å². The van der Waals surface area contributed by atoms with Crippen molar-refractivity contribution in [1.29, 1.82) is 0 Å². The van der Waals surface area contributed by atoms with Crippen LogP contribution >= 0.6 is 11.8 Å². The molecule has 0 aromatic heterocycles. The molecule has 0 saturated carbocycles. The van der Waals surface area contributed by atoms with Crippen molar-refractivity contribution in [2.45, 2.75) is 6.92 Å². The van der Waals surface area contributed by atoms with Gasteiger partial charge in [-0.05, 0) is 12.3 Å². The molecule has 0 aromatic rings. The Morgan fingerprint density at radius 3 is 2.50 bits per heavy atom. The largest absolute Gasteiger partial charge is 0.503 e. The van der Waals surface area contributed by atoms with Crippen LogP contribution in [0.4, 0.5) is 0 Å². The molecule has 0 unspecified atom stereocenters. The van der Waals surface area contributed by atoms with Gasteiger partial charge in [-0.2, -0.15) is 0 Å². The Morgan fingerprint density at radius 2 is 2.50 bits per heavy atom. The molecule has 0 rings (SSSR count). The first-order valence-electron chi connectivity index (χ1n) is 1.78. The topological polar surface area (TPSA) is 20.2 Å². The number of thioether (sulfide) groups is 1. The second-order valence-electron chi connectivity index (χ2n) is 0.827. The average molecular weight is 104 g/mol. The van der Waals surface area contributed by atoms with E-state index in [1.165, 1.54) is 11.8 Å². The van der Waals surface area contributed by atoms with Crippen molar-refractivity contribution in [2.24, 2.45) is 0 Å². The monoisotopic (exact) mass is 104 g/mol. The van der Waals surface area contributed by atoms with E-state index in [1.54, 1.807) is 0 Å². The number of aliphatic hydroxyl groups is 1. The van der Waals surface area contributed by atoms with Gasteiger partial charge in [-0.3, -0.25) is 0 Å². The lowest BCUT2D eigenvalue weighted by Gasteiger charge is -1.86. The van der Waals surface area contributed by atoms with Gasteiger partial charge in [0, 0.05) is 0 Å². The molecule has 0 aliphatic carbocycles. The van der Waals surface area contributed by atoms with E-state index < -0.39 is 0 Å². The van der Waals surface area contributed by atoms with Crippen LogP contribution in [0.1, 0.15) is 6.92 Å². The predicted molar refractivity (Wildman–Crippen MR) is 29.9 cm³/mol. The first-order valence-corrected chi connectivity index (χ1v) is 2.76. The normalized spacial score (nSPS) is 8.17. The van der Waals surface area contributed by atoms with Crippen LogP contribution in [0.15, 0.2) is 11.7 Å².